The predicted molar refractivity (Wildman–Crippen MR) is 74.0 cm³/mol. The van der Waals surface area contributed by atoms with Gasteiger partial charge in [0.15, 0.2) is 0 Å². The van der Waals surface area contributed by atoms with Crippen molar-refractivity contribution in [3.05, 3.63) is 23.3 Å². The number of methoxy groups -OCH3 is 1. The fourth-order valence-electron chi connectivity index (χ4n) is 1.65. The maximum absolute atomic E-state index is 12.2. The monoisotopic (exact) mass is 287 g/mol. The Morgan fingerprint density at radius 3 is 2.42 bits per heavy atom. The Bertz CT molecular complexity index is 526. The Kier molecular flexibility index (Phi) is 5.78. The lowest BCUT2D eigenvalue weighted by molar-refractivity contribution is 0.285. The van der Waals surface area contributed by atoms with Gasteiger partial charge < -0.3 is 9.84 Å². The van der Waals surface area contributed by atoms with E-state index >= 15 is 0 Å². The molecule has 0 heterocycles. The number of hydrogen-bond donors (Lipinski definition) is 2. The third kappa shape index (κ3) is 4.19. The summed E-state index contributed by atoms with van der Waals surface area (Å²) in [6.45, 7) is 4.14. The van der Waals surface area contributed by atoms with Crippen LogP contribution in [-0.4, -0.2) is 33.8 Å². The average molecular weight is 287 g/mol. The molecule has 1 rings (SSSR count). The average Bonchev–Trinajstić information content (AvgIpc) is 2.37. The molecule has 5 nitrogen and oxygen atoms in total. The van der Waals surface area contributed by atoms with E-state index < -0.39 is 10.0 Å². The van der Waals surface area contributed by atoms with Crippen molar-refractivity contribution < 1.29 is 18.3 Å². The number of benzene rings is 1. The molecular weight excluding hydrogens is 266 g/mol. The lowest BCUT2D eigenvalue weighted by Gasteiger charge is -2.13. The Morgan fingerprint density at radius 2 is 1.84 bits per heavy atom. The number of aliphatic hydroxyl groups is 1. The van der Waals surface area contributed by atoms with Gasteiger partial charge in [0.2, 0.25) is 10.0 Å². The predicted octanol–water partition coefficient (Wildman–Crippen LogP) is 1.36. The Balaban J connectivity index is 2.97. The quantitative estimate of drug-likeness (QED) is 0.743. The minimum Gasteiger partial charge on any atom is -0.495 e. The van der Waals surface area contributed by atoms with E-state index in [-0.39, 0.29) is 11.5 Å². The number of ether oxygens (including phenoxy) is 1. The Labute approximate surface area is 114 Å². The van der Waals surface area contributed by atoms with Gasteiger partial charge in [-0.2, -0.15) is 0 Å². The van der Waals surface area contributed by atoms with Gasteiger partial charge >= 0.3 is 0 Å². The van der Waals surface area contributed by atoms with Crippen molar-refractivity contribution in [2.45, 2.75) is 31.6 Å². The van der Waals surface area contributed by atoms with Gasteiger partial charge in [0.1, 0.15) is 10.6 Å². The first-order valence-corrected chi connectivity index (χ1v) is 7.66. The summed E-state index contributed by atoms with van der Waals surface area (Å²) in [5, 5.41) is 8.66. The molecule has 0 atom stereocenters. The van der Waals surface area contributed by atoms with Gasteiger partial charge in [0, 0.05) is 13.2 Å². The number of sulfonamides is 1. The molecule has 0 amide bonds. The number of unbranched alkanes of at least 4 members (excludes halogenated alkanes) is 1. The summed E-state index contributed by atoms with van der Waals surface area (Å²) in [6.07, 6.45) is 1.18. The second kappa shape index (κ2) is 6.88. The van der Waals surface area contributed by atoms with Crippen molar-refractivity contribution in [3.8, 4) is 5.75 Å². The van der Waals surface area contributed by atoms with Crippen LogP contribution < -0.4 is 9.46 Å². The molecule has 0 aliphatic carbocycles. The van der Waals surface area contributed by atoms with Gasteiger partial charge in [-0.15, -0.1) is 0 Å². The molecule has 0 saturated carbocycles. The van der Waals surface area contributed by atoms with Gasteiger partial charge in [-0.05, 0) is 49.9 Å². The van der Waals surface area contributed by atoms with E-state index in [4.69, 9.17) is 9.84 Å². The van der Waals surface area contributed by atoms with Gasteiger partial charge in [-0.1, -0.05) is 0 Å². The number of rotatable bonds is 7. The van der Waals surface area contributed by atoms with E-state index in [1.807, 2.05) is 13.8 Å². The van der Waals surface area contributed by atoms with E-state index in [9.17, 15) is 8.42 Å². The number of aryl methyl sites for hydroxylation is 2. The molecule has 1 aromatic carbocycles. The first-order valence-electron chi connectivity index (χ1n) is 6.18. The van der Waals surface area contributed by atoms with Crippen molar-refractivity contribution >= 4 is 10.0 Å². The summed E-state index contributed by atoms with van der Waals surface area (Å²) >= 11 is 0. The molecule has 0 radical (unpaired) electrons. The van der Waals surface area contributed by atoms with Crippen molar-refractivity contribution in [3.63, 3.8) is 0 Å². The second-order valence-corrected chi connectivity index (χ2v) is 6.15. The maximum atomic E-state index is 12.2. The molecule has 0 aliphatic heterocycles. The van der Waals surface area contributed by atoms with Crippen molar-refractivity contribution in [2.24, 2.45) is 0 Å². The highest BCUT2D eigenvalue weighted by Crippen LogP contribution is 2.27. The summed E-state index contributed by atoms with van der Waals surface area (Å²) in [6, 6.07) is 3.33. The molecule has 0 bridgehead atoms. The Hall–Kier alpha value is -1.11. The molecule has 0 aromatic heterocycles. The molecule has 108 valence electrons. The van der Waals surface area contributed by atoms with Crippen LogP contribution in [0.15, 0.2) is 17.0 Å². The van der Waals surface area contributed by atoms with Crippen molar-refractivity contribution in [1.29, 1.82) is 0 Å². The van der Waals surface area contributed by atoms with Gasteiger partial charge in [-0.25, -0.2) is 13.1 Å². The van der Waals surface area contributed by atoms with Crippen molar-refractivity contribution in [2.75, 3.05) is 20.3 Å². The summed E-state index contributed by atoms with van der Waals surface area (Å²) < 4.78 is 32.0. The zero-order valence-corrected chi connectivity index (χ0v) is 12.4. The van der Waals surface area contributed by atoms with E-state index in [0.717, 1.165) is 11.1 Å². The fraction of sp³-hybridized carbons (Fsp3) is 0.538. The van der Waals surface area contributed by atoms with E-state index in [2.05, 4.69) is 4.72 Å². The first kappa shape index (κ1) is 15.9. The molecule has 0 spiro atoms. The summed E-state index contributed by atoms with van der Waals surface area (Å²) in [4.78, 5) is 0.155. The summed E-state index contributed by atoms with van der Waals surface area (Å²) in [5.41, 5.74) is 1.88. The van der Waals surface area contributed by atoms with Crippen LogP contribution in [-0.2, 0) is 10.0 Å². The largest absolute Gasteiger partial charge is 0.495 e. The van der Waals surface area contributed by atoms with Crippen LogP contribution in [0.5, 0.6) is 5.75 Å². The van der Waals surface area contributed by atoms with Crippen LogP contribution in [0.2, 0.25) is 0 Å². The molecule has 0 fully saturated rings. The second-order valence-electron chi connectivity index (χ2n) is 4.42. The maximum Gasteiger partial charge on any atom is 0.244 e. The van der Waals surface area contributed by atoms with Crippen molar-refractivity contribution in [1.82, 2.24) is 4.72 Å². The number of aliphatic hydroxyl groups excluding tert-OH is 1. The third-order valence-corrected chi connectivity index (χ3v) is 4.43. The SMILES string of the molecule is COc1cc(C)c(C)cc1S(=O)(=O)NCCCCO. The van der Waals surface area contributed by atoms with E-state index in [1.165, 1.54) is 7.11 Å². The molecule has 2 N–H and O–H groups in total. The minimum atomic E-state index is -3.58. The lowest BCUT2D eigenvalue weighted by atomic mass is 10.1. The molecular formula is C13H21NO4S. The lowest BCUT2D eigenvalue weighted by Crippen LogP contribution is -2.25. The molecule has 0 aliphatic rings. The number of nitrogens with one attached hydrogen (secondary N) is 1. The van der Waals surface area contributed by atoms with Gasteiger partial charge in [-0.3, -0.25) is 0 Å². The highest BCUT2D eigenvalue weighted by atomic mass is 32.2. The van der Waals surface area contributed by atoms with Crippen LogP contribution >= 0.6 is 0 Å². The van der Waals surface area contributed by atoms with Crippen LogP contribution in [0.25, 0.3) is 0 Å². The van der Waals surface area contributed by atoms with Crippen LogP contribution in [0, 0.1) is 13.8 Å². The fourth-order valence-corrected chi connectivity index (χ4v) is 2.96. The standard InChI is InChI=1S/C13H21NO4S/c1-10-8-12(18-3)13(9-11(10)2)19(16,17)14-6-4-5-7-15/h8-9,14-15H,4-7H2,1-3H3. The van der Waals surface area contributed by atoms with Crippen LogP contribution in [0.1, 0.15) is 24.0 Å². The smallest absolute Gasteiger partial charge is 0.244 e. The van der Waals surface area contributed by atoms with Crippen LogP contribution in [0.4, 0.5) is 0 Å². The molecule has 6 heteroatoms. The summed E-state index contributed by atoms with van der Waals surface area (Å²) in [5.74, 6) is 0.345. The molecule has 0 unspecified atom stereocenters. The molecule has 0 saturated heterocycles. The third-order valence-electron chi connectivity index (χ3n) is 2.95. The summed E-state index contributed by atoms with van der Waals surface area (Å²) in [7, 11) is -2.13. The number of hydrogen-bond acceptors (Lipinski definition) is 4. The molecule has 1 aromatic rings. The normalized spacial score (nSPS) is 11.6. The van der Waals surface area contributed by atoms with E-state index in [0.29, 0.717) is 25.1 Å². The zero-order chi connectivity index (χ0) is 14.5. The van der Waals surface area contributed by atoms with Gasteiger partial charge in [0.05, 0.1) is 7.11 Å². The highest BCUT2D eigenvalue weighted by Gasteiger charge is 2.19. The minimum absolute atomic E-state index is 0.0642. The topological polar surface area (TPSA) is 75.6 Å². The first-order chi connectivity index (χ1) is 8.92. The Morgan fingerprint density at radius 1 is 1.21 bits per heavy atom. The van der Waals surface area contributed by atoms with E-state index in [1.54, 1.807) is 12.1 Å². The highest BCUT2D eigenvalue weighted by molar-refractivity contribution is 7.89. The van der Waals surface area contributed by atoms with Gasteiger partial charge in [0.25, 0.3) is 0 Å². The molecule has 19 heavy (non-hydrogen) atoms. The van der Waals surface area contributed by atoms with Crippen LogP contribution in [0.3, 0.4) is 0 Å². The zero-order valence-electron chi connectivity index (χ0n) is 11.6.